The zero-order chi connectivity index (χ0) is 24.4. The Bertz CT molecular complexity index is 1070. The zero-order valence-electron chi connectivity index (χ0n) is 20.0. The second kappa shape index (κ2) is 10.0. The summed E-state index contributed by atoms with van der Waals surface area (Å²) >= 11 is 0. The summed E-state index contributed by atoms with van der Waals surface area (Å²) in [5.74, 6) is 1.08. The fourth-order valence-corrected chi connectivity index (χ4v) is 5.20. The summed E-state index contributed by atoms with van der Waals surface area (Å²) in [4.78, 5) is 36.6. The molecule has 1 aromatic heterocycles. The highest BCUT2D eigenvalue weighted by molar-refractivity contribution is 5.97. The molecule has 1 aromatic carbocycles. The van der Waals surface area contributed by atoms with E-state index in [-0.39, 0.29) is 17.5 Å². The van der Waals surface area contributed by atoms with Crippen LogP contribution in [-0.4, -0.2) is 71.5 Å². The fourth-order valence-electron chi connectivity index (χ4n) is 5.20. The van der Waals surface area contributed by atoms with E-state index < -0.39 is 5.91 Å². The van der Waals surface area contributed by atoms with Crippen LogP contribution >= 0.6 is 0 Å². The van der Waals surface area contributed by atoms with E-state index in [4.69, 9.17) is 5.73 Å². The zero-order valence-corrected chi connectivity index (χ0v) is 20.0. The standard InChI is InChI=1S/C24H33N9O2/c1-15(34)32-8-10-33(11-9-32)19-6-4-17(5-7-19)29-24-26-14-20(22(25)35)23(30-24)28-18-3-2-16-13-27-31-21(16)12-18/h4-7,14,16,18,21,27,31H,2-3,8-13H2,1H3,(H2,25,35)(H2,26,28,29,30). The molecule has 11 nitrogen and oxygen atoms in total. The van der Waals surface area contributed by atoms with Gasteiger partial charge in [-0.1, -0.05) is 0 Å². The van der Waals surface area contributed by atoms with Crippen molar-refractivity contribution in [3.05, 3.63) is 36.0 Å². The molecular formula is C24H33N9O2. The molecule has 2 aliphatic heterocycles. The molecular weight excluding hydrogens is 446 g/mol. The average molecular weight is 480 g/mol. The number of anilines is 4. The number of primary amides is 1. The number of carbonyl (C=O) groups excluding carboxylic acids is 2. The molecule has 5 rings (SSSR count). The average Bonchev–Trinajstić information content (AvgIpc) is 3.33. The van der Waals surface area contributed by atoms with E-state index in [2.05, 4.69) is 36.4 Å². The molecule has 1 aliphatic carbocycles. The number of nitrogens with one attached hydrogen (secondary N) is 4. The lowest BCUT2D eigenvalue weighted by molar-refractivity contribution is -0.129. The minimum absolute atomic E-state index is 0.125. The third kappa shape index (κ3) is 5.30. The molecule has 3 heterocycles. The molecule has 35 heavy (non-hydrogen) atoms. The molecule has 0 spiro atoms. The number of aromatic nitrogens is 2. The summed E-state index contributed by atoms with van der Waals surface area (Å²) in [5, 5.41) is 6.67. The number of nitrogens with zero attached hydrogens (tertiary/aromatic N) is 4. The first-order valence-corrected chi connectivity index (χ1v) is 12.3. The van der Waals surface area contributed by atoms with Crippen molar-refractivity contribution in [3.8, 4) is 0 Å². The van der Waals surface area contributed by atoms with E-state index in [1.807, 2.05) is 29.2 Å². The maximum atomic E-state index is 12.0. The van der Waals surface area contributed by atoms with Crippen molar-refractivity contribution in [2.45, 2.75) is 38.3 Å². The van der Waals surface area contributed by atoms with Crippen LogP contribution in [0.1, 0.15) is 36.5 Å². The molecule has 0 bridgehead atoms. The number of rotatable bonds is 6. The number of nitrogens with two attached hydrogens (primary N) is 1. The Hall–Kier alpha value is -3.44. The van der Waals surface area contributed by atoms with Crippen molar-refractivity contribution in [1.29, 1.82) is 0 Å². The summed E-state index contributed by atoms with van der Waals surface area (Å²) in [7, 11) is 0. The van der Waals surface area contributed by atoms with Crippen molar-refractivity contribution in [3.63, 3.8) is 0 Å². The van der Waals surface area contributed by atoms with Crippen LogP contribution < -0.4 is 32.1 Å². The number of hydrazine groups is 1. The summed E-state index contributed by atoms with van der Waals surface area (Å²) in [6.07, 6.45) is 4.55. The van der Waals surface area contributed by atoms with Gasteiger partial charge in [-0.15, -0.1) is 0 Å². The van der Waals surface area contributed by atoms with Crippen LogP contribution in [0.2, 0.25) is 0 Å². The Morgan fingerprint density at radius 3 is 2.60 bits per heavy atom. The number of hydrogen-bond donors (Lipinski definition) is 5. The van der Waals surface area contributed by atoms with Crippen LogP contribution in [0.15, 0.2) is 30.5 Å². The molecule has 3 unspecified atom stereocenters. The number of benzene rings is 1. The van der Waals surface area contributed by atoms with Gasteiger partial charge in [-0.25, -0.2) is 4.98 Å². The Kier molecular flexibility index (Phi) is 6.69. The Morgan fingerprint density at radius 1 is 1.11 bits per heavy atom. The minimum Gasteiger partial charge on any atom is -0.368 e. The third-order valence-electron chi connectivity index (χ3n) is 7.25. The second-order valence-corrected chi connectivity index (χ2v) is 9.53. The van der Waals surface area contributed by atoms with E-state index in [1.54, 1.807) is 6.92 Å². The lowest BCUT2D eigenvalue weighted by Crippen LogP contribution is -2.48. The molecule has 3 aliphatic rings. The number of carbonyl (C=O) groups is 2. The normalized spacial score (nSPS) is 24.1. The van der Waals surface area contributed by atoms with Gasteiger partial charge in [0.1, 0.15) is 5.82 Å². The molecule has 186 valence electrons. The van der Waals surface area contributed by atoms with Gasteiger partial charge in [0.15, 0.2) is 0 Å². The molecule has 6 N–H and O–H groups in total. The lowest BCUT2D eigenvalue weighted by atomic mass is 9.83. The van der Waals surface area contributed by atoms with Crippen LogP contribution in [0.5, 0.6) is 0 Å². The van der Waals surface area contributed by atoms with E-state index >= 15 is 0 Å². The third-order valence-corrected chi connectivity index (χ3v) is 7.25. The van der Waals surface area contributed by atoms with Crippen molar-refractivity contribution < 1.29 is 9.59 Å². The highest BCUT2D eigenvalue weighted by Gasteiger charge is 2.34. The number of amides is 2. The van der Waals surface area contributed by atoms with Crippen LogP contribution in [0, 0.1) is 5.92 Å². The topological polar surface area (TPSA) is 141 Å². The van der Waals surface area contributed by atoms with Gasteiger partial charge in [-0.2, -0.15) is 4.98 Å². The first-order chi connectivity index (χ1) is 17.0. The van der Waals surface area contributed by atoms with Crippen LogP contribution in [0.3, 0.4) is 0 Å². The Labute approximate surface area is 204 Å². The molecule has 0 radical (unpaired) electrons. The Balaban J connectivity index is 1.24. The number of hydrogen-bond acceptors (Lipinski definition) is 9. The maximum Gasteiger partial charge on any atom is 0.254 e. The summed E-state index contributed by atoms with van der Waals surface area (Å²) in [5.41, 5.74) is 14.4. The van der Waals surface area contributed by atoms with Crippen LogP contribution in [-0.2, 0) is 4.79 Å². The predicted octanol–water partition coefficient (Wildman–Crippen LogP) is 1.04. The highest BCUT2D eigenvalue weighted by Crippen LogP contribution is 2.29. The number of piperazine rings is 1. The summed E-state index contributed by atoms with van der Waals surface area (Å²) < 4.78 is 0. The van der Waals surface area contributed by atoms with E-state index in [0.29, 0.717) is 23.7 Å². The summed E-state index contributed by atoms with van der Waals surface area (Å²) in [6.45, 7) is 5.71. The SMILES string of the molecule is CC(=O)N1CCN(c2ccc(Nc3ncc(C(N)=O)c(NC4CCC5CNNC5C4)n3)cc2)CC1. The maximum absolute atomic E-state index is 12.0. The first kappa shape index (κ1) is 23.3. The molecule has 1 saturated carbocycles. The monoisotopic (exact) mass is 479 g/mol. The van der Waals surface area contributed by atoms with Gasteiger partial charge in [0.05, 0.1) is 5.56 Å². The predicted molar refractivity (Wildman–Crippen MR) is 134 cm³/mol. The minimum atomic E-state index is -0.553. The summed E-state index contributed by atoms with van der Waals surface area (Å²) in [6, 6.07) is 8.66. The van der Waals surface area contributed by atoms with Crippen molar-refractivity contribution in [1.82, 2.24) is 25.7 Å². The quantitative estimate of drug-likeness (QED) is 0.411. The van der Waals surface area contributed by atoms with E-state index in [0.717, 1.165) is 63.4 Å². The van der Waals surface area contributed by atoms with Gasteiger partial charge < -0.3 is 26.2 Å². The van der Waals surface area contributed by atoms with Crippen LogP contribution in [0.25, 0.3) is 0 Å². The van der Waals surface area contributed by atoms with E-state index in [1.165, 1.54) is 6.20 Å². The first-order valence-electron chi connectivity index (χ1n) is 12.3. The van der Waals surface area contributed by atoms with Gasteiger partial charge in [0, 0.05) is 69.3 Å². The van der Waals surface area contributed by atoms with Crippen molar-refractivity contribution >= 4 is 35.0 Å². The molecule has 2 aromatic rings. The van der Waals surface area contributed by atoms with E-state index in [9.17, 15) is 9.59 Å². The lowest BCUT2D eigenvalue weighted by Gasteiger charge is -2.35. The molecule has 3 atom stereocenters. The van der Waals surface area contributed by atoms with Crippen molar-refractivity contribution in [2.24, 2.45) is 11.7 Å². The molecule has 3 fully saturated rings. The van der Waals surface area contributed by atoms with Gasteiger partial charge in [-0.3, -0.25) is 20.4 Å². The fraction of sp³-hybridized carbons (Fsp3) is 0.500. The second-order valence-electron chi connectivity index (χ2n) is 9.53. The largest absolute Gasteiger partial charge is 0.368 e. The van der Waals surface area contributed by atoms with Gasteiger partial charge >= 0.3 is 0 Å². The number of fused-ring (bicyclic) bond motifs is 1. The molecule has 2 saturated heterocycles. The highest BCUT2D eigenvalue weighted by atomic mass is 16.2. The van der Waals surface area contributed by atoms with Crippen LogP contribution in [0.4, 0.5) is 23.1 Å². The van der Waals surface area contributed by atoms with Gasteiger partial charge in [0.25, 0.3) is 5.91 Å². The molecule has 2 amide bonds. The Morgan fingerprint density at radius 2 is 1.89 bits per heavy atom. The van der Waals surface area contributed by atoms with Gasteiger partial charge in [-0.05, 0) is 49.4 Å². The van der Waals surface area contributed by atoms with Crippen molar-refractivity contribution in [2.75, 3.05) is 48.3 Å². The molecule has 11 heteroatoms. The smallest absolute Gasteiger partial charge is 0.254 e. The van der Waals surface area contributed by atoms with Gasteiger partial charge in [0.2, 0.25) is 11.9 Å².